The summed E-state index contributed by atoms with van der Waals surface area (Å²) in [5.74, 6) is -0.420. The maximum Gasteiger partial charge on any atom is 0.459 e. The number of carbonyl (C=O) groups excluding carboxylic acids is 3. The van der Waals surface area contributed by atoms with E-state index in [1.165, 1.54) is 9.80 Å². The topological polar surface area (TPSA) is 156 Å². The van der Waals surface area contributed by atoms with Crippen LogP contribution in [0, 0.1) is 17.2 Å². The van der Waals surface area contributed by atoms with Gasteiger partial charge in [0.2, 0.25) is 5.91 Å². The summed E-state index contributed by atoms with van der Waals surface area (Å²) in [7, 11) is 6.82. The number of piperidine rings is 1. The quantitative estimate of drug-likeness (QED) is 0.386. The molecule has 1 unspecified atom stereocenters. The number of rotatable bonds is 8. The fourth-order valence-corrected chi connectivity index (χ4v) is 7.43. The van der Waals surface area contributed by atoms with Crippen molar-refractivity contribution in [1.82, 2.24) is 30.2 Å². The van der Waals surface area contributed by atoms with E-state index in [0.29, 0.717) is 42.1 Å². The lowest BCUT2D eigenvalue weighted by Gasteiger charge is -2.37. The van der Waals surface area contributed by atoms with Gasteiger partial charge in [0, 0.05) is 51.4 Å². The Hall–Kier alpha value is -4.76. The molecule has 2 N–H and O–H groups in total. The average molecular weight is 626 g/mol. The molecule has 4 atom stereocenters. The van der Waals surface area contributed by atoms with Crippen LogP contribution in [0.5, 0.6) is 0 Å². The second-order valence-corrected chi connectivity index (χ2v) is 13.2. The van der Waals surface area contributed by atoms with Crippen molar-refractivity contribution in [3.63, 3.8) is 0 Å². The Morgan fingerprint density at radius 1 is 1.04 bits per heavy atom. The van der Waals surface area contributed by atoms with Crippen molar-refractivity contribution in [3.05, 3.63) is 86.2 Å². The van der Waals surface area contributed by atoms with Crippen LogP contribution in [-0.2, 0) is 23.1 Å². The lowest BCUT2D eigenvalue weighted by molar-refractivity contribution is -0.131. The van der Waals surface area contributed by atoms with Gasteiger partial charge in [-0.1, -0.05) is 12.1 Å². The number of aryl methyl sites for hydroxylation is 2. The summed E-state index contributed by atoms with van der Waals surface area (Å²) in [5, 5.41) is 15.8. The largest absolute Gasteiger partial charge is 0.459 e. The summed E-state index contributed by atoms with van der Waals surface area (Å²) in [6.45, 7) is 2.03. The SMILES string of the molecule is C[C@H](CC1(c2nc(=O)o[nH]2)c2ccc(C(=O)N(C)C)cc2CCc2cc(C(=O)N(C)C)ccc21)NCC(=O)N1C(C#N)C[C@@H]2C[C@@H]21. The van der Waals surface area contributed by atoms with Crippen molar-refractivity contribution < 1.29 is 18.9 Å². The predicted molar refractivity (Wildman–Crippen MR) is 168 cm³/mol. The van der Waals surface area contributed by atoms with Gasteiger partial charge in [-0.3, -0.25) is 14.4 Å². The summed E-state index contributed by atoms with van der Waals surface area (Å²) >= 11 is 0. The number of likely N-dealkylation sites (tertiary alicyclic amines) is 1. The Labute approximate surface area is 267 Å². The van der Waals surface area contributed by atoms with Crippen LogP contribution in [0.1, 0.15) is 75.0 Å². The molecule has 6 rings (SSSR count). The van der Waals surface area contributed by atoms with E-state index in [0.717, 1.165) is 35.1 Å². The van der Waals surface area contributed by atoms with E-state index in [4.69, 9.17) is 4.52 Å². The summed E-state index contributed by atoms with van der Waals surface area (Å²) in [6, 6.07) is 12.9. The summed E-state index contributed by atoms with van der Waals surface area (Å²) in [4.78, 5) is 60.9. The third kappa shape index (κ3) is 5.38. The number of aromatic nitrogens is 2. The van der Waals surface area contributed by atoms with Crippen LogP contribution in [-0.4, -0.2) is 95.4 Å². The molecule has 0 bridgehead atoms. The Morgan fingerprint density at radius 3 is 2.13 bits per heavy atom. The molecule has 240 valence electrons. The van der Waals surface area contributed by atoms with Crippen molar-refractivity contribution in [3.8, 4) is 6.07 Å². The maximum absolute atomic E-state index is 13.3. The first-order valence-corrected chi connectivity index (χ1v) is 15.6. The molecule has 12 nitrogen and oxygen atoms in total. The Bertz CT molecular complexity index is 1730. The van der Waals surface area contributed by atoms with E-state index < -0.39 is 17.2 Å². The number of hydrogen-bond donors (Lipinski definition) is 2. The third-order valence-corrected chi connectivity index (χ3v) is 9.70. The molecule has 1 aliphatic heterocycles. The number of amides is 3. The normalized spacial score (nSPS) is 21.2. The minimum absolute atomic E-state index is 0.0558. The highest BCUT2D eigenvalue weighted by Gasteiger charge is 2.54. The Balaban J connectivity index is 1.44. The highest BCUT2D eigenvalue weighted by atomic mass is 16.5. The standard InChI is InChI=1S/C34H39N7O5/c1-19(36-18-29(42)41-25(17-35)14-24-15-28(24)41)16-34(32-37-33(45)46-38-32)26-10-8-22(30(43)39(2)3)12-20(26)6-7-21-13-23(9-11-27(21)34)31(44)40(4)5/h8-13,19,24-25,28,36H,6-7,14-16,18H2,1-5H3,(H,37,38,45)/t19-,24-,25?,28+/m1/s1. The molecule has 2 heterocycles. The van der Waals surface area contributed by atoms with Gasteiger partial charge in [-0.2, -0.15) is 10.2 Å². The molecule has 46 heavy (non-hydrogen) atoms. The van der Waals surface area contributed by atoms with Crippen molar-refractivity contribution in [2.45, 2.75) is 62.6 Å². The molecule has 12 heteroatoms. The van der Waals surface area contributed by atoms with Gasteiger partial charge in [-0.05, 0) is 91.5 Å². The van der Waals surface area contributed by atoms with Gasteiger partial charge >= 0.3 is 5.76 Å². The number of nitrogens with zero attached hydrogens (tertiary/aromatic N) is 5. The van der Waals surface area contributed by atoms with E-state index in [1.807, 2.05) is 31.2 Å². The zero-order chi connectivity index (χ0) is 32.9. The van der Waals surface area contributed by atoms with E-state index in [2.05, 4.69) is 21.5 Å². The number of nitrogens with one attached hydrogen (secondary N) is 2. The molecular formula is C34H39N7O5. The first-order chi connectivity index (χ1) is 21.9. The number of carbonyl (C=O) groups is 3. The molecule has 1 saturated carbocycles. The maximum atomic E-state index is 13.3. The summed E-state index contributed by atoms with van der Waals surface area (Å²) in [5.41, 5.74) is 3.52. The van der Waals surface area contributed by atoms with Gasteiger partial charge in [0.1, 0.15) is 6.04 Å². The van der Waals surface area contributed by atoms with Crippen molar-refractivity contribution in [2.24, 2.45) is 5.92 Å². The highest BCUT2D eigenvalue weighted by molar-refractivity contribution is 5.95. The van der Waals surface area contributed by atoms with Crippen LogP contribution in [0.4, 0.5) is 0 Å². The lowest BCUT2D eigenvalue weighted by atomic mass is 9.67. The third-order valence-electron chi connectivity index (χ3n) is 9.70. The van der Waals surface area contributed by atoms with Gasteiger partial charge in [0.05, 0.1) is 18.0 Å². The number of hydrogen-bond acceptors (Lipinski definition) is 8. The molecule has 0 spiro atoms. The van der Waals surface area contributed by atoms with Gasteiger partial charge in [0.15, 0.2) is 5.82 Å². The van der Waals surface area contributed by atoms with E-state index >= 15 is 0 Å². The Kier molecular flexibility index (Phi) is 8.06. The van der Waals surface area contributed by atoms with Gasteiger partial charge < -0.3 is 24.5 Å². The molecule has 3 aromatic rings. The first kappa shape index (κ1) is 31.2. The molecule has 0 radical (unpaired) electrons. The Morgan fingerprint density at radius 2 is 1.63 bits per heavy atom. The minimum atomic E-state index is -1.06. The number of fused-ring (bicyclic) bond motifs is 3. The van der Waals surface area contributed by atoms with Crippen molar-refractivity contribution in [2.75, 3.05) is 34.7 Å². The number of nitriles is 1. The molecule has 3 aliphatic rings. The van der Waals surface area contributed by atoms with Crippen LogP contribution in [0.15, 0.2) is 45.7 Å². The van der Waals surface area contributed by atoms with Gasteiger partial charge in [-0.15, -0.1) is 0 Å². The molecule has 1 aromatic heterocycles. The van der Waals surface area contributed by atoms with Gasteiger partial charge in [0.25, 0.3) is 11.8 Å². The van der Waals surface area contributed by atoms with Crippen LogP contribution in [0.25, 0.3) is 0 Å². The van der Waals surface area contributed by atoms with Crippen molar-refractivity contribution in [1.29, 1.82) is 5.26 Å². The first-order valence-electron chi connectivity index (χ1n) is 15.6. The van der Waals surface area contributed by atoms with Crippen LogP contribution in [0.3, 0.4) is 0 Å². The predicted octanol–water partition coefficient (Wildman–Crippen LogP) is 2.08. The fraction of sp³-hybridized carbons (Fsp3) is 0.471. The van der Waals surface area contributed by atoms with Crippen LogP contribution >= 0.6 is 0 Å². The zero-order valence-electron chi connectivity index (χ0n) is 26.8. The molecule has 1 saturated heterocycles. The lowest BCUT2D eigenvalue weighted by Crippen LogP contribution is -2.46. The second-order valence-electron chi connectivity index (χ2n) is 13.2. The molecule has 3 amide bonds. The smallest absolute Gasteiger partial charge is 0.345 e. The number of H-pyrrole nitrogens is 1. The van der Waals surface area contributed by atoms with E-state index in [1.54, 1.807) is 45.2 Å². The molecule has 2 aromatic carbocycles. The summed E-state index contributed by atoms with van der Waals surface area (Å²) in [6.07, 6.45) is 3.20. The second kappa shape index (κ2) is 11.9. The number of benzene rings is 2. The average Bonchev–Trinajstić information content (AvgIpc) is 3.53. The monoisotopic (exact) mass is 625 g/mol. The highest BCUT2D eigenvalue weighted by Crippen LogP contribution is 2.48. The number of aromatic amines is 1. The summed E-state index contributed by atoms with van der Waals surface area (Å²) < 4.78 is 5.16. The van der Waals surface area contributed by atoms with Crippen LogP contribution < -0.4 is 11.1 Å². The minimum Gasteiger partial charge on any atom is -0.345 e. The van der Waals surface area contributed by atoms with Crippen molar-refractivity contribution >= 4 is 17.7 Å². The van der Waals surface area contributed by atoms with E-state index in [9.17, 15) is 24.4 Å². The fourth-order valence-electron chi connectivity index (χ4n) is 7.43. The molecular weight excluding hydrogens is 586 g/mol. The molecule has 2 aliphatic carbocycles. The van der Waals surface area contributed by atoms with Crippen LogP contribution in [0.2, 0.25) is 0 Å². The van der Waals surface area contributed by atoms with E-state index in [-0.39, 0.29) is 36.3 Å². The molecule has 2 fully saturated rings. The van der Waals surface area contributed by atoms with Gasteiger partial charge in [-0.25, -0.2) is 9.95 Å². The zero-order valence-corrected chi connectivity index (χ0v) is 26.8.